The maximum Gasteiger partial charge on any atom is 0.291 e. The van der Waals surface area contributed by atoms with Crippen molar-refractivity contribution >= 4 is 11.6 Å². The van der Waals surface area contributed by atoms with Crippen molar-refractivity contribution in [3.05, 3.63) is 72.5 Å². The van der Waals surface area contributed by atoms with E-state index in [9.17, 15) is 9.18 Å². The number of nitrogens with zero attached hydrogens (tertiary/aromatic N) is 2. The molecule has 2 heterocycles. The molecule has 0 radical (unpaired) electrons. The van der Waals surface area contributed by atoms with E-state index in [1.54, 1.807) is 56.7 Å². The summed E-state index contributed by atoms with van der Waals surface area (Å²) in [7, 11) is 3.09. The fourth-order valence-electron chi connectivity index (χ4n) is 4.54. The number of anilines is 1. The highest BCUT2D eigenvalue weighted by molar-refractivity contribution is 6.02. The highest BCUT2D eigenvalue weighted by atomic mass is 19.1. The molecule has 180 valence electrons. The number of imidazole rings is 1. The summed E-state index contributed by atoms with van der Waals surface area (Å²) >= 11 is 0. The lowest BCUT2D eigenvalue weighted by Gasteiger charge is -2.15. The van der Waals surface area contributed by atoms with Gasteiger partial charge in [-0.3, -0.25) is 4.79 Å². The number of rotatable bonds is 7. The number of hydrogen-bond acceptors (Lipinski definition) is 5. The minimum Gasteiger partial charge on any atom is -0.497 e. The van der Waals surface area contributed by atoms with Crippen LogP contribution in [0.3, 0.4) is 0 Å². The molecular formula is C27H26FN3O4. The van der Waals surface area contributed by atoms with Gasteiger partial charge in [-0.1, -0.05) is 12.8 Å². The molecule has 0 spiro atoms. The van der Waals surface area contributed by atoms with E-state index in [4.69, 9.17) is 13.9 Å². The molecule has 8 heteroatoms. The Morgan fingerprint density at radius 3 is 2.37 bits per heavy atom. The Labute approximate surface area is 202 Å². The molecule has 5 rings (SSSR count). The van der Waals surface area contributed by atoms with Crippen LogP contribution in [0, 0.1) is 5.82 Å². The third kappa shape index (κ3) is 4.64. The molecule has 1 fully saturated rings. The van der Waals surface area contributed by atoms with Crippen molar-refractivity contribution < 1.29 is 23.1 Å². The lowest BCUT2D eigenvalue weighted by molar-refractivity contribution is 0.0997. The first kappa shape index (κ1) is 22.7. The third-order valence-electron chi connectivity index (χ3n) is 6.30. The zero-order valence-corrected chi connectivity index (χ0v) is 19.6. The number of ether oxygens (including phenoxy) is 2. The van der Waals surface area contributed by atoms with Crippen molar-refractivity contribution in [1.29, 1.82) is 0 Å². The average Bonchev–Trinajstić information content (AvgIpc) is 3.64. The Bertz CT molecular complexity index is 1310. The molecule has 1 aliphatic carbocycles. The van der Waals surface area contributed by atoms with Crippen LogP contribution in [0.5, 0.6) is 11.5 Å². The van der Waals surface area contributed by atoms with Gasteiger partial charge in [0.15, 0.2) is 11.5 Å². The number of amides is 1. The molecule has 2 aromatic heterocycles. The van der Waals surface area contributed by atoms with Crippen molar-refractivity contribution in [1.82, 2.24) is 9.55 Å². The second-order valence-corrected chi connectivity index (χ2v) is 8.51. The molecule has 4 aromatic rings. The lowest BCUT2D eigenvalue weighted by Crippen LogP contribution is -2.11. The smallest absolute Gasteiger partial charge is 0.291 e. The van der Waals surface area contributed by atoms with Crippen molar-refractivity contribution in [3.8, 4) is 34.2 Å². The van der Waals surface area contributed by atoms with Crippen LogP contribution in [-0.4, -0.2) is 29.7 Å². The molecule has 1 N–H and O–H groups in total. The normalized spacial score (nSPS) is 13.7. The van der Waals surface area contributed by atoms with Crippen LogP contribution < -0.4 is 14.8 Å². The van der Waals surface area contributed by atoms with Crippen LogP contribution in [0.15, 0.2) is 65.3 Å². The molecule has 0 aliphatic heterocycles. The van der Waals surface area contributed by atoms with Crippen molar-refractivity contribution in [2.24, 2.45) is 0 Å². The predicted molar refractivity (Wildman–Crippen MR) is 130 cm³/mol. The summed E-state index contributed by atoms with van der Waals surface area (Å²) in [6, 6.07) is 15.1. The number of halogens is 1. The molecule has 1 aliphatic rings. The van der Waals surface area contributed by atoms with E-state index < -0.39 is 5.91 Å². The summed E-state index contributed by atoms with van der Waals surface area (Å²) in [6.45, 7) is 0. The minimum absolute atomic E-state index is 0.158. The second-order valence-electron chi connectivity index (χ2n) is 8.51. The number of aromatic nitrogens is 2. The summed E-state index contributed by atoms with van der Waals surface area (Å²) in [5.41, 5.74) is 2.78. The first-order valence-corrected chi connectivity index (χ1v) is 11.5. The van der Waals surface area contributed by atoms with Crippen LogP contribution in [0.1, 0.15) is 42.3 Å². The average molecular weight is 476 g/mol. The monoisotopic (exact) mass is 475 g/mol. The van der Waals surface area contributed by atoms with Gasteiger partial charge in [0.1, 0.15) is 23.0 Å². The number of carbonyl (C=O) groups is 1. The van der Waals surface area contributed by atoms with Gasteiger partial charge in [0.2, 0.25) is 0 Å². The zero-order valence-electron chi connectivity index (χ0n) is 19.6. The molecular weight excluding hydrogens is 449 g/mol. The van der Waals surface area contributed by atoms with E-state index >= 15 is 0 Å². The summed E-state index contributed by atoms with van der Waals surface area (Å²) in [5, 5.41) is 2.83. The van der Waals surface area contributed by atoms with Crippen LogP contribution in [-0.2, 0) is 0 Å². The molecule has 1 amide bonds. The SMILES string of the molecule is COc1cc(NC(=O)c2ccc(-c3c(-c4ccc(F)cc4)ncn3C3CCCC3)o2)cc(OC)c1. The van der Waals surface area contributed by atoms with Gasteiger partial charge in [-0.25, -0.2) is 9.37 Å². The maximum absolute atomic E-state index is 13.5. The van der Waals surface area contributed by atoms with Crippen LogP contribution in [0.25, 0.3) is 22.7 Å². The quantitative estimate of drug-likeness (QED) is 0.338. The Balaban J connectivity index is 1.48. The summed E-state index contributed by atoms with van der Waals surface area (Å²) in [6.07, 6.45) is 6.23. The topological polar surface area (TPSA) is 78.5 Å². The number of nitrogens with one attached hydrogen (secondary N) is 1. The minimum atomic E-state index is -0.401. The van der Waals surface area contributed by atoms with Gasteiger partial charge in [-0.2, -0.15) is 0 Å². The van der Waals surface area contributed by atoms with Gasteiger partial charge in [0, 0.05) is 35.5 Å². The van der Waals surface area contributed by atoms with Gasteiger partial charge in [0.05, 0.1) is 26.2 Å². The number of methoxy groups -OCH3 is 2. The summed E-state index contributed by atoms with van der Waals surface area (Å²) in [4.78, 5) is 17.6. The van der Waals surface area contributed by atoms with Crippen LogP contribution >= 0.6 is 0 Å². The lowest BCUT2D eigenvalue weighted by atomic mass is 10.1. The number of benzene rings is 2. The maximum atomic E-state index is 13.5. The second kappa shape index (κ2) is 9.66. The molecule has 35 heavy (non-hydrogen) atoms. The summed E-state index contributed by atoms with van der Waals surface area (Å²) in [5.74, 6) is 1.10. The Kier molecular flexibility index (Phi) is 6.27. The molecule has 0 atom stereocenters. The van der Waals surface area contributed by atoms with E-state index in [-0.39, 0.29) is 11.6 Å². The molecule has 0 bridgehead atoms. The van der Waals surface area contributed by atoms with Gasteiger partial charge in [0.25, 0.3) is 5.91 Å². The molecule has 7 nitrogen and oxygen atoms in total. The van der Waals surface area contributed by atoms with Gasteiger partial charge >= 0.3 is 0 Å². The predicted octanol–water partition coefficient (Wildman–Crippen LogP) is 6.33. The molecule has 1 saturated carbocycles. The highest BCUT2D eigenvalue weighted by Crippen LogP contribution is 2.39. The number of hydrogen-bond donors (Lipinski definition) is 1. The Hall–Kier alpha value is -4.07. The fraction of sp³-hybridized carbons (Fsp3) is 0.259. The summed E-state index contributed by atoms with van der Waals surface area (Å²) < 4.78 is 32.3. The van der Waals surface area contributed by atoms with E-state index in [0.717, 1.165) is 36.9 Å². The van der Waals surface area contributed by atoms with E-state index in [2.05, 4.69) is 14.9 Å². The van der Waals surface area contributed by atoms with E-state index in [1.807, 2.05) is 6.33 Å². The Morgan fingerprint density at radius 2 is 1.71 bits per heavy atom. The fourth-order valence-corrected chi connectivity index (χ4v) is 4.54. The standard InChI is InChI=1S/C27H26FN3O4/c1-33-21-13-19(14-22(15-21)34-2)30-27(32)24-12-11-23(35-24)26-25(17-7-9-18(28)10-8-17)29-16-31(26)20-5-3-4-6-20/h7-16,20H,3-6H2,1-2H3,(H,30,32). The molecule has 0 unspecified atom stereocenters. The van der Waals surface area contributed by atoms with Gasteiger partial charge < -0.3 is 23.8 Å². The van der Waals surface area contributed by atoms with Crippen molar-refractivity contribution in [2.75, 3.05) is 19.5 Å². The third-order valence-corrected chi connectivity index (χ3v) is 6.30. The largest absolute Gasteiger partial charge is 0.497 e. The number of furan rings is 1. The van der Waals surface area contributed by atoms with Gasteiger partial charge in [-0.05, 0) is 49.2 Å². The first-order valence-electron chi connectivity index (χ1n) is 11.5. The Morgan fingerprint density at radius 1 is 1.03 bits per heavy atom. The highest BCUT2D eigenvalue weighted by Gasteiger charge is 2.26. The number of carbonyl (C=O) groups excluding carboxylic acids is 1. The van der Waals surface area contributed by atoms with Crippen LogP contribution in [0.4, 0.5) is 10.1 Å². The van der Waals surface area contributed by atoms with E-state index in [1.165, 1.54) is 12.1 Å². The van der Waals surface area contributed by atoms with E-state index in [0.29, 0.717) is 34.7 Å². The van der Waals surface area contributed by atoms with Crippen LogP contribution in [0.2, 0.25) is 0 Å². The van der Waals surface area contributed by atoms with Crippen molar-refractivity contribution in [2.45, 2.75) is 31.7 Å². The van der Waals surface area contributed by atoms with Crippen molar-refractivity contribution in [3.63, 3.8) is 0 Å². The molecule has 2 aromatic carbocycles. The first-order chi connectivity index (χ1) is 17.1. The van der Waals surface area contributed by atoms with Gasteiger partial charge in [-0.15, -0.1) is 0 Å². The zero-order chi connectivity index (χ0) is 24.4. The molecule has 0 saturated heterocycles.